The molecule has 2 aromatic carbocycles. The topological polar surface area (TPSA) is 54.0 Å². The van der Waals surface area contributed by atoms with Crippen molar-refractivity contribution < 1.29 is 4.79 Å². The molecule has 0 bridgehead atoms. The fraction of sp³-hybridized carbons (Fsp3) is 0.211. The van der Waals surface area contributed by atoms with E-state index in [1.165, 1.54) is 0 Å². The van der Waals surface area contributed by atoms with Gasteiger partial charge in [0.05, 0.1) is 15.2 Å². The minimum Gasteiger partial charge on any atom is -0.332 e. The fourth-order valence-corrected chi connectivity index (χ4v) is 4.01. The highest BCUT2D eigenvalue weighted by atomic mass is 35.5. The van der Waals surface area contributed by atoms with Crippen LogP contribution < -0.4 is 10.6 Å². The average molecular weight is 404 g/mol. The SMILES string of the molecule is CCCCC(=O)NC(=S)Nc1ccc(-c2nc3ccccc3s2)c(Cl)c1. The van der Waals surface area contributed by atoms with E-state index in [1.807, 2.05) is 43.3 Å². The molecule has 0 saturated heterocycles. The third-order valence-corrected chi connectivity index (χ3v) is 5.35. The number of nitrogens with zero attached hydrogens (tertiary/aromatic N) is 1. The largest absolute Gasteiger partial charge is 0.332 e. The van der Waals surface area contributed by atoms with E-state index in [-0.39, 0.29) is 11.0 Å². The van der Waals surface area contributed by atoms with Crippen molar-refractivity contribution in [1.29, 1.82) is 0 Å². The summed E-state index contributed by atoms with van der Waals surface area (Å²) in [7, 11) is 0. The molecular weight excluding hydrogens is 386 g/mol. The molecule has 0 saturated carbocycles. The predicted octanol–water partition coefficient (Wildman–Crippen LogP) is 5.62. The number of benzene rings is 2. The molecule has 0 aliphatic heterocycles. The second-order valence-electron chi connectivity index (χ2n) is 5.79. The van der Waals surface area contributed by atoms with Crippen molar-refractivity contribution in [1.82, 2.24) is 10.3 Å². The Balaban J connectivity index is 1.71. The number of nitrogens with one attached hydrogen (secondary N) is 2. The number of anilines is 1. The van der Waals surface area contributed by atoms with Crippen LogP contribution in [0, 0.1) is 0 Å². The van der Waals surface area contributed by atoms with E-state index in [0.29, 0.717) is 11.4 Å². The smallest absolute Gasteiger partial charge is 0.226 e. The molecule has 1 aromatic heterocycles. The molecule has 0 unspecified atom stereocenters. The van der Waals surface area contributed by atoms with Gasteiger partial charge in [0.2, 0.25) is 5.91 Å². The lowest BCUT2D eigenvalue weighted by Gasteiger charge is -2.10. The van der Waals surface area contributed by atoms with E-state index >= 15 is 0 Å². The Morgan fingerprint density at radius 2 is 2.08 bits per heavy atom. The number of amides is 1. The Kier molecular flexibility index (Phi) is 6.19. The summed E-state index contributed by atoms with van der Waals surface area (Å²) in [6, 6.07) is 13.6. The Bertz CT molecular complexity index is 922. The van der Waals surface area contributed by atoms with Crippen molar-refractivity contribution in [3.63, 3.8) is 0 Å². The number of thiazole rings is 1. The Labute approximate surface area is 166 Å². The monoisotopic (exact) mass is 403 g/mol. The Morgan fingerprint density at radius 3 is 2.81 bits per heavy atom. The molecule has 0 aliphatic rings. The summed E-state index contributed by atoms with van der Waals surface area (Å²) < 4.78 is 1.12. The number of hydrogen-bond acceptors (Lipinski definition) is 4. The van der Waals surface area contributed by atoms with E-state index in [9.17, 15) is 4.79 Å². The molecule has 0 radical (unpaired) electrons. The molecule has 1 amide bonds. The van der Waals surface area contributed by atoms with E-state index < -0.39 is 0 Å². The first kappa shape index (κ1) is 18.8. The van der Waals surface area contributed by atoms with Gasteiger partial charge in [0.25, 0.3) is 0 Å². The number of para-hydroxylation sites is 1. The molecule has 0 fully saturated rings. The summed E-state index contributed by atoms with van der Waals surface area (Å²) in [5.74, 6) is -0.0819. The number of carbonyl (C=O) groups excluding carboxylic acids is 1. The minimum atomic E-state index is -0.0819. The zero-order valence-corrected chi connectivity index (χ0v) is 16.6. The maximum absolute atomic E-state index is 11.7. The molecule has 0 aliphatic carbocycles. The third kappa shape index (κ3) is 4.58. The maximum Gasteiger partial charge on any atom is 0.226 e. The molecule has 0 atom stereocenters. The van der Waals surface area contributed by atoms with Crippen LogP contribution in [0.25, 0.3) is 20.8 Å². The van der Waals surface area contributed by atoms with Crippen LogP contribution in [-0.2, 0) is 4.79 Å². The maximum atomic E-state index is 11.7. The van der Waals surface area contributed by atoms with Crippen LogP contribution >= 0.6 is 35.2 Å². The van der Waals surface area contributed by atoms with Crippen LogP contribution in [0.1, 0.15) is 26.2 Å². The van der Waals surface area contributed by atoms with Crippen LogP contribution in [0.4, 0.5) is 5.69 Å². The molecule has 3 aromatic rings. The highest BCUT2D eigenvalue weighted by Gasteiger charge is 2.11. The van der Waals surface area contributed by atoms with Crippen molar-refractivity contribution in [2.45, 2.75) is 26.2 Å². The Morgan fingerprint density at radius 1 is 1.27 bits per heavy atom. The van der Waals surface area contributed by atoms with Crippen LogP contribution in [0.3, 0.4) is 0 Å². The average Bonchev–Trinajstić information content (AvgIpc) is 3.03. The zero-order chi connectivity index (χ0) is 18.5. The lowest BCUT2D eigenvalue weighted by atomic mass is 10.2. The fourth-order valence-electron chi connectivity index (χ4n) is 2.44. The number of hydrogen-bond donors (Lipinski definition) is 2. The standard InChI is InChI=1S/C19H18ClN3OS2/c1-2-3-8-17(24)23-19(25)21-12-9-10-13(14(20)11-12)18-22-15-6-4-5-7-16(15)26-18/h4-7,9-11H,2-3,8H2,1H3,(H2,21,23,24,25). The van der Waals surface area contributed by atoms with Crippen molar-refractivity contribution >= 4 is 62.1 Å². The van der Waals surface area contributed by atoms with Gasteiger partial charge in [-0.25, -0.2) is 4.98 Å². The van der Waals surface area contributed by atoms with Gasteiger partial charge in [0.1, 0.15) is 5.01 Å². The molecule has 4 nitrogen and oxygen atoms in total. The number of unbranched alkanes of at least 4 members (excludes halogenated alkanes) is 1. The summed E-state index contributed by atoms with van der Waals surface area (Å²) in [6.45, 7) is 2.04. The molecule has 26 heavy (non-hydrogen) atoms. The van der Waals surface area contributed by atoms with E-state index in [1.54, 1.807) is 17.4 Å². The second-order valence-corrected chi connectivity index (χ2v) is 7.63. The highest BCUT2D eigenvalue weighted by Crippen LogP contribution is 2.35. The first-order chi connectivity index (χ1) is 12.6. The van der Waals surface area contributed by atoms with E-state index in [4.69, 9.17) is 23.8 Å². The number of aromatic nitrogens is 1. The molecular formula is C19H18ClN3OS2. The number of rotatable bonds is 5. The van der Waals surface area contributed by atoms with Gasteiger partial charge in [-0.15, -0.1) is 11.3 Å². The summed E-state index contributed by atoms with van der Waals surface area (Å²) in [5, 5.41) is 7.39. The van der Waals surface area contributed by atoms with Gasteiger partial charge < -0.3 is 10.6 Å². The number of halogens is 1. The summed E-state index contributed by atoms with van der Waals surface area (Å²) in [4.78, 5) is 16.4. The van der Waals surface area contributed by atoms with Crippen molar-refractivity contribution in [2.24, 2.45) is 0 Å². The second kappa shape index (κ2) is 8.58. The minimum absolute atomic E-state index is 0.0819. The summed E-state index contributed by atoms with van der Waals surface area (Å²) in [5.41, 5.74) is 2.55. The van der Waals surface area contributed by atoms with Gasteiger partial charge in [0.15, 0.2) is 5.11 Å². The predicted molar refractivity (Wildman–Crippen MR) is 114 cm³/mol. The van der Waals surface area contributed by atoms with Gasteiger partial charge in [-0.2, -0.15) is 0 Å². The number of fused-ring (bicyclic) bond motifs is 1. The molecule has 3 rings (SSSR count). The quantitative estimate of drug-likeness (QED) is 0.543. The molecule has 2 N–H and O–H groups in total. The normalized spacial score (nSPS) is 10.7. The number of carbonyl (C=O) groups is 1. The van der Waals surface area contributed by atoms with Gasteiger partial charge >= 0.3 is 0 Å². The molecule has 134 valence electrons. The van der Waals surface area contributed by atoms with E-state index in [0.717, 1.165) is 39.3 Å². The van der Waals surface area contributed by atoms with Crippen LogP contribution in [0.15, 0.2) is 42.5 Å². The Hall–Kier alpha value is -2.02. The van der Waals surface area contributed by atoms with Crippen LogP contribution in [0.2, 0.25) is 5.02 Å². The lowest BCUT2D eigenvalue weighted by molar-refractivity contribution is -0.119. The summed E-state index contributed by atoms with van der Waals surface area (Å²) in [6.07, 6.45) is 2.28. The van der Waals surface area contributed by atoms with Crippen molar-refractivity contribution in [3.05, 3.63) is 47.5 Å². The molecule has 1 heterocycles. The van der Waals surface area contributed by atoms with Gasteiger partial charge in [0, 0.05) is 17.7 Å². The van der Waals surface area contributed by atoms with Crippen LogP contribution in [-0.4, -0.2) is 16.0 Å². The van der Waals surface area contributed by atoms with Crippen molar-refractivity contribution in [2.75, 3.05) is 5.32 Å². The van der Waals surface area contributed by atoms with Gasteiger partial charge in [-0.05, 0) is 49.0 Å². The van der Waals surface area contributed by atoms with Crippen molar-refractivity contribution in [3.8, 4) is 10.6 Å². The molecule has 7 heteroatoms. The first-order valence-electron chi connectivity index (χ1n) is 8.33. The van der Waals surface area contributed by atoms with E-state index in [2.05, 4.69) is 15.6 Å². The highest BCUT2D eigenvalue weighted by molar-refractivity contribution is 7.80. The van der Waals surface area contributed by atoms with Crippen LogP contribution in [0.5, 0.6) is 0 Å². The zero-order valence-electron chi connectivity index (χ0n) is 14.2. The first-order valence-corrected chi connectivity index (χ1v) is 9.93. The summed E-state index contributed by atoms with van der Waals surface area (Å²) >= 11 is 13.2. The lowest BCUT2D eigenvalue weighted by Crippen LogP contribution is -2.33. The van der Waals surface area contributed by atoms with Gasteiger partial charge in [-0.3, -0.25) is 4.79 Å². The third-order valence-electron chi connectivity index (χ3n) is 3.76. The molecule has 0 spiro atoms. The van der Waals surface area contributed by atoms with Gasteiger partial charge in [-0.1, -0.05) is 37.1 Å². The number of thiocarbonyl (C=S) groups is 1.